The maximum absolute atomic E-state index is 13.8. The van der Waals surface area contributed by atoms with E-state index in [-0.39, 0.29) is 39.7 Å². The molecule has 4 rings (SSSR count). The van der Waals surface area contributed by atoms with Crippen LogP contribution in [0.25, 0.3) is 0 Å². The minimum absolute atomic E-state index is 0.00990. The maximum atomic E-state index is 13.8. The van der Waals surface area contributed by atoms with Gasteiger partial charge in [0.25, 0.3) is 5.91 Å². The van der Waals surface area contributed by atoms with Crippen molar-refractivity contribution in [2.75, 3.05) is 11.1 Å². The van der Waals surface area contributed by atoms with Crippen LogP contribution < -0.4 is 27.4 Å². The number of urea groups is 1. The molecule has 0 saturated heterocycles. The van der Waals surface area contributed by atoms with Gasteiger partial charge in [-0.3, -0.25) is 4.79 Å². The molecule has 184 valence electrons. The number of nitrogens with zero attached hydrogens (tertiary/aromatic N) is 1. The van der Waals surface area contributed by atoms with E-state index in [4.69, 9.17) is 11.5 Å². The average Bonchev–Trinajstić information content (AvgIpc) is 2.79. The monoisotopic (exact) mass is 494 g/mol. The lowest BCUT2D eigenvalue weighted by Gasteiger charge is -2.28. The molecule has 3 amide bonds. The van der Waals surface area contributed by atoms with Crippen LogP contribution >= 0.6 is 0 Å². The molecule has 1 aliphatic rings. The molecule has 1 atom stereocenters. The number of amides is 3. The predicted octanol–water partition coefficient (Wildman–Crippen LogP) is 3.99. The van der Waals surface area contributed by atoms with Crippen molar-refractivity contribution in [3.8, 4) is 0 Å². The second-order valence-electron chi connectivity index (χ2n) is 8.01. The van der Waals surface area contributed by atoms with Crippen molar-refractivity contribution in [1.82, 2.24) is 10.6 Å². The van der Waals surface area contributed by atoms with Crippen molar-refractivity contribution in [3.63, 3.8) is 0 Å². The summed E-state index contributed by atoms with van der Waals surface area (Å²) in [6, 6.07) is 11.0. The number of benzene rings is 3. The predicted molar refractivity (Wildman–Crippen MR) is 130 cm³/mol. The smallest absolute Gasteiger partial charge is 0.319 e. The zero-order chi connectivity index (χ0) is 26.0. The number of nitrogens with one attached hydrogen (secondary N) is 3. The number of nitrogen functional groups attached to an aromatic ring is 1. The number of anilines is 2. The summed E-state index contributed by atoms with van der Waals surface area (Å²) in [6.07, 6.45) is 0. The fourth-order valence-corrected chi connectivity index (χ4v) is 3.79. The molecule has 0 saturated carbocycles. The Labute approximate surface area is 203 Å². The van der Waals surface area contributed by atoms with Crippen molar-refractivity contribution >= 4 is 34.8 Å². The Balaban J connectivity index is 1.65. The van der Waals surface area contributed by atoms with Gasteiger partial charge >= 0.3 is 6.03 Å². The standard InChI is InChI=1S/C25H21F3N6O2/c1-12-21(22(34-25(36)31-12)13-7-15(27)9-16(28)8-13)24(35)33-18-5-6-20(29)19(11-18)23(30)32-17-4-2-3-14(26)10-17/h2-11,22H,29H2,1H3,(H2,30,32)(H,33,35)(H2,31,34,36). The third-order valence-corrected chi connectivity index (χ3v) is 5.38. The topological polar surface area (TPSA) is 135 Å². The lowest BCUT2D eigenvalue weighted by Crippen LogP contribution is -2.46. The summed E-state index contributed by atoms with van der Waals surface area (Å²) in [5.74, 6) is -2.85. The molecule has 0 aliphatic carbocycles. The average molecular weight is 494 g/mol. The normalized spacial score (nSPS) is 15.8. The summed E-state index contributed by atoms with van der Waals surface area (Å²) in [7, 11) is 0. The van der Waals surface area contributed by atoms with Gasteiger partial charge in [-0.2, -0.15) is 0 Å². The van der Waals surface area contributed by atoms with Gasteiger partial charge in [-0.15, -0.1) is 0 Å². The van der Waals surface area contributed by atoms with Gasteiger partial charge in [0, 0.05) is 28.7 Å². The van der Waals surface area contributed by atoms with Crippen LogP contribution in [-0.2, 0) is 4.79 Å². The van der Waals surface area contributed by atoms with E-state index in [1.54, 1.807) is 6.07 Å². The first-order chi connectivity index (χ1) is 17.1. The second-order valence-corrected chi connectivity index (χ2v) is 8.01. The van der Waals surface area contributed by atoms with Crippen molar-refractivity contribution in [2.24, 2.45) is 10.7 Å². The lowest BCUT2D eigenvalue weighted by molar-refractivity contribution is -0.113. The van der Waals surface area contributed by atoms with Gasteiger partial charge in [-0.1, -0.05) is 6.07 Å². The molecule has 36 heavy (non-hydrogen) atoms. The molecule has 11 heteroatoms. The Morgan fingerprint density at radius 1 is 1.00 bits per heavy atom. The van der Waals surface area contributed by atoms with Crippen LogP contribution in [0.4, 0.5) is 35.0 Å². The molecule has 3 aromatic rings. The molecule has 3 aromatic carbocycles. The van der Waals surface area contributed by atoms with Crippen LogP contribution in [0.5, 0.6) is 0 Å². The number of nitrogens with two attached hydrogens (primary N) is 2. The minimum Gasteiger partial charge on any atom is -0.398 e. The van der Waals surface area contributed by atoms with Gasteiger partial charge in [-0.25, -0.2) is 23.0 Å². The third-order valence-electron chi connectivity index (χ3n) is 5.38. The molecular weight excluding hydrogens is 473 g/mol. The number of rotatable bonds is 5. The van der Waals surface area contributed by atoms with Gasteiger partial charge in [0.15, 0.2) is 0 Å². The molecule has 1 unspecified atom stereocenters. The summed E-state index contributed by atoms with van der Waals surface area (Å²) in [5.41, 5.74) is 13.5. The number of amidine groups is 1. The number of allylic oxidation sites excluding steroid dienone is 1. The third kappa shape index (κ3) is 5.30. The van der Waals surface area contributed by atoms with Gasteiger partial charge in [0.1, 0.15) is 23.3 Å². The second kappa shape index (κ2) is 9.82. The van der Waals surface area contributed by atoms with E-state index < -0.39 is 35.4 Å². The van der Waals surface area contributed by atoms with Crippen LogP contribution in [0.15, 0.2) is 76.9 Å². The van der Waals surface area contributed by atoms with E-state index >= 15 is 0 Å². The number of carbonyl (C=O) groups is 2. The zero-order valence-electron chi connectivity index (χ0n) is 18.9. The van der Waals surface area contributed by atoms with E-state index in [1.807, 2.05) is 0 Å². The molecule has 1 heterocycles. The highest BCUT2D eigenvalue weighted by atomic mass is 19.1. The molecule has 0 spiro atoms. The summed E-state index contributed by atoms with van der Waals surface area (Å²) < 4.78 is 41.2. The molecule has 8 nitrogen and oxygen atoms in total. The van der Waals surface area contributed by atoms with E-state index in [0.29, 0.717) is 11.6 Å². The number of hydrogen-bond donors (Lipinski definition) is 5. The summed E-state index contributed by atoms with van der Waals surface area (Å²) >= 11 is 0. The SMILES string of the molecule is CC1=C(C(=O)Nc2ccc(N)c(C(N)=Nc3cccc(F)c3)c2)C(c2cc(F)cc(F)c2)NC(=O)N1. The first-order valence-corrected chi connectivity index (χ1v) is 10.7. The minimum atomic E-state index is -1.11. The molecule has 0 aromatic heterocycles. The number of aliphatic imine (C=N–C) groups is 1. The van der Waals surface area contributed by atoms with Crippen molar-refractivity contribution in [2.45, 2.75) is 13.0 Å². The van der Waals surface area contributed by atoms with Crippen LogP contribution in [0.1, 0.15) is 24.1 Å². The zero-order valence-corrected chi connectivity index (χ0v) is 18.9. The van der Waals surface area contributed by atoms with Crippen LogP contribution in [0.2, 0.25) is 0 Å². The van der Waals surface area contributed by atoms with E-state index in [9.17, 15) is 22.8 Å². The first kappa shape index (κ1) is 24.3. The Hall–Kier alpha value is -4.80. The fraction of sp³-hybridized carbons (Fsp3) is 0.0800. The van der Waals surface area contributed by atoms with Crippen LogP contribution in [0, 0.1) is 17.5 Å². The van der Waals surface area contributed by atoms with Gasteiger partial charge in [0.05, 0.1) is 17.3 Å². The number of carbonyl (C=O) groups excluding carboxylic acids is 2. The highest BCUT2D eigenvalue weighted by molar-refractivity contribution is 6.09. The highest BCUT2D eigenvalue weighted by Gasteiger charge is 2.32. The summed E-state index contributed by atoms with van der Waals surface area (Å²) in [6.45, 7) is 1.49. The lowest BCUT2D eigenvalue weighted by atomic mass is 9.94. The van der Waals surface area contributed by atoms with E-state index in [2.05, 4.69) is 20.9 Å². The van der Waals surface area contributed by atoms with Crippen LogP contribution in [0.3, 0.4) is 0 Å². The Morgan fingerprint density at radius 2 is 1.72 bits per heavy atom. The summed E-state index contributed by atoms with van der Waals surface area (Å²) in [5, 5.41) is 7.68. The largest absolute Gasteiger partial charge is 0.398 e. The Kier molecular flexibility index (Phi) is 6.64. The van der Waals surface area contributed by atoms with Gasteiger partial charge < -0.3 is 27.4 Å². The molecule has 0 bridgehead atoms. The molecule has 0 fully saturated rings. The van der Waals surface area contributed by atoms with Crippen molar-refractivity contribution in [1.29, 1.82) is 0 Å². The molecular formula is C25H21F3N6O2. The maximum Gasteiger partial charge on any atom is 0.319 e. The van der Waals surface area contributed by atoms with Crippen molar-refractivity contribution in [3.05, 3.63) is 101 Å². The molecule has 7 N–H and O–H groups in total. The number of halogens is 3. The van der Waals surface area contributed by atoms with E-state index in [1.165, 1.54) is 43.3 Å². The van der Waals surface area contributed by atoms with Gasteiger partial charge in [-0.05, 0) is 61.0 Å². The van der Waals surface area contributed by atoms with Gasteiger partial charge in [0.2, 0.25) is 0 Å². The fourth-order valence-electron chi connectivity index (χ4n) is 3.79. The Bertz CT molecular complexity index is 1420. The number of hydrogen-bond acceptors (Lipinski definition) is 4. The highest BCUT2D eigenvalue weighted by Crippen LogP contribution is 2.29. The molecule has 0 radical (unpaired) electrons. The molecule has 1 aliphatic heterocycles. The van der Waals surface area contributed by atoms with E-state index in [0.717, 1.165) is 12.1 Å². The first-order valence-electron chi connectivity index (χ1n) is 10.7. The Morgan fingerprint density at radius 3 is 2.42 bits per heavy atom. The summed E-state index contributed by atoms with van der Waals surface area (Å²) in [4.78, 5) is 29.5. The van der Waals surface area contributed by atoms with Crippen LogP contribution in [-0.4, -0.2) is 17.8 Å². The quantitative estimate of drug-likeness (QED) is 0.208. The van der Waals surface area contributed by atoms with Crippen molar-refractivity contribution < 1.29 is 22.8 Å².